The van der Waals surface area contributed by atoms with Crippen molar-refractivity contribution in [2.45, 2.75) is 64.1 Å². The number of hydrogen-bond acceptors (Lipinski definition) is 7. The fourth-order valence-electron chi connectivity index (χ4n) is 4.37. The average molecular weight is 454 g/mol. The van der Waals surface area contributed by atoms with E-state index in [-0.39, 0.29) is 23.6 Å². The number of nitrogens with one attached hydrogen (secondary N) is 3. The highest BCUT2D eigenvalue weighted by Crippen LogP contribution is 2.28. The quantitative estimate of drug-likeness (QED) is 0.452. The number of fused-ring (bicyclic) bond motifs is 1. The Morgan fingerprint density at radius 3 is 2.85 bits per heavy atom. The SMILES string of the molecule is CNc1cc(Nc2cccn(C(C)C)c2=O)nc2c(C(=O)N[C@@H]3CCC[C@@](C)(O)C3)cnn12. The van der Waals surface area contributed by atoms with Crippen LogP contribution in [0.5, 0.6) is 0 Å². The molecule has 3 aromatic rings. The van der Waals surface area contributed by atoms with Gasteiger partial charge in [-0.2, -0.15) is 9.61 Å². The Labute approximate surface area is 192 Å². The second-order valence-corrected chi connectivity index (χ2v) is 9.19. The Bertz CT molecular complexity index is 1230. The lowest BCUT2D eigenvalue weighted by Gasteiger charge is -2.34. The van der Waals surface area contributed by atoms with Gasteiger partial charge >= 0.3 is 0 Å². The van der Waals surface area contributed by atoms with E-state index in [4.69, 9.17) is 0 Å². The first-order valence-electron chi connectivity index (χ1n) is 11.3. The highest BCUT2D eigenvalue weighted by atomic mass is 16.3. The number of pyridine rings is 1. The summed E-state index contributed by atoms with van der Waals surface area (Å²) >= 11 is 0. The summed E-state index contributed by atoms with van der Waals surface area (Å²) < 4.78 is 3.19. The molecule has 4 N–H and O–H groups in total. The summed E-state index contributed by atoms with van der Waals surface area (Å²) in [5.74, 6) is 0.740. The van der Waals surface area contributed by atoms with Gasteiger partial charge in [-0.15, -0.1) is 0 Å². The first kappa shape index (κ1) is 22.8. The Kier molecular flexibility index (Phi) is 6.11. The number of aliphatic hydroxyl groups is 1. The molecule has 4 rings (SSSR count). The molecule has 33 heavy (non-hydrogen) atoms. The van der Waals surface area contributed by atoms with E-state index in [2.05, 4.69) is 26.0 Å². The molecule has 1 aliphatic rings. The van der Waals surface area contributed by atoms with Crippen LogP contribution in [0, 0.1) is 0 Å². The van der Waals surface area contributed by atoms with Crippen LogP contribution in [0.1, 0.15) is 62.9 Å². The number of carbonyl (C=O) groups excluding carboxylic acids is 1. The number of rotatable bonds is 6. The minimum absolute atomic E-state index is 0.0215. The minimum Gasteiger partial charge on any atom is -0.390 e. The first-order chi connectivity index (χ1) is 15.7. The Morgan fingerprint density at radius 2 is 2.15 bits per heavy atom. The molecule has 0 unspecified atom stereocenters. The van der Waals surface area contributed by atoms with Crippen LogP contribution in [-0.2, 0) is 0 Å². The predicted molar refractivity (Wildman–Crippen MR) is 127 cm³/mol. The second kappa shape index (κ2) is 8.86. The predicted octanol–water partition coefficient (Wildman–Crippen LogP) is 2.68. The monoisotopic (exact) mass is 453 g/mol. The van der Waals surface area contributed by atoms with Crippen LogP contribution in [0.3, 0.4) is 0 Å². The largest absolute Gasteiger partial charge is 0.390 e. The second-order valence-electron chi connectivity index (χ2n) is 9.19. The van der Waals surface area contributed by atoms with Crippen molar-refractivity contribution in [3.05, 3.63) is 46.5 Å². The van der Waals surface area contributed by atoms with Gasteiger partial charge in [-0.1, -0.05) is 0 Å². The smallest absolute Gasteiger partial charge is 0.274 e. The van der Waals surface area contributed by atoms with Crippen molar-refractivity contribution in [3.8, 4) is 0 Å². The number of aromatic nitrogens is 4. The van der Waals surface area contributed by atoms with Gasteiger partial charge in [0.25, 0.3) is 11.5 Å². The zero-order valence-corrected chi connectivity index (χ0v) is 19.4. The van der Waals surface area contributed by atoms with Gasteiger partial charge in [0, 0.05) is 31.4 Å². The Hall–Kier alpha value is -3.40. The van der Waals surface area contributed by atoms with Crippen LogP contribution >= 0.6 is 0 Å². The Morgan fingerprint density at radius 1 is 1.36 bits per heavy atom. The topological polar surface area (TPSA) is 126 Å². The molecule has 3 heterocycles. The van der Waals surface area contributed by atoms with Crippen LogP contribution in [0.2, 0.25) is 0 Å². The molecule has 0 radical (unpaired) electrons. The molecule has 1 fully saturated rings. The third kappa shape index (κ3) is 4.70. The summed E-state index contributed by atoms with van der Waals surface area (Å²) in [6, 6.07) is 5.14. The normalized spacial score (nSPS) is 20.7. The van der Waals surface area contributed by atoms with Gasteiger partial charge in [0.05, 0.1) is 11.8 Å². The molecule has 176 valence electrons. The maximum absolute atomic E-state index is 13.1. The highest BCUT2D eigenvalue weighted by molar-refractivity contribution is 6.00. The van der Waals surface area contributed by atoms with E-state index in [1.54, 1.807) is 47.4 Å². The summed E-state index contributed by atoms with van der Waals surface area (Å²) in [5.41, 5.74) is 0.151. The third-order valence-corrected chi connectivity index (χ3v) is 6.06. The van der Waals surface area contributed by atoms with Crippen molar-refractivity contribution < 1.29 is 9.90 Å². The van der Waals surface area contributed by atoms with Gasteiger partial charge in [0.15, 0.2) is 5.65 Å². The minimum atomic E-state index is -0.773. The lowest BCUT2D eigenvalue weighted by atomic mass is 9.83. The molecule has 0 aliphatic heterocycles. The van der Waals surface area contributed by atoms with Gasteiger partial charge in [0.2, 0.25) is 0 Å². The molecule has 0 aromatic carbocycles. The molecule has 0 bridgehead atoms. The van der Waals surface area contributed by atoms with E-state index >= 15 is 0 Å². The maximum Gasteiger partial charge on any atom is 0.274 e. The van der Waals surface area contributed by atoms with Crippen LogP contribution in [-0.4, -0.2) is 48.9 Å². The number of hydrogen-bond donors (Lipinski definition) is 4. The molecular weight excluding hydrogens is 422 g/mol. The highest BCUT2D eigenvalue weighted by Gasteiger charge is 2.31. The standard InChI is InChI=1S/C23H31N7O3/c1-14(2)29-10-6-8-17(22(29)32)27-18-11-19(24-4)30-20(28-18)16(13-25-30)21(31)26-15-7-5-9-23(3,33)12-15/h6,8,10-11,13-15,24,33H,5,7,9,12H2,1-4H3,(H,26,31)(H,27,28)/t15-,23-/m1/s1. The fourth-order valence-corrected chi connectivity index (χ4v) is 4.37. The van der Waals surface area contributed by atoms with E-state index in [0.29, 0.717) is 35.0 Å². The van der Waals surface area contributed by atoms with Gasteiger partial charge in [-0.25, -0.2) is 4.98 Å². The van der Waals surface area contributed by atoms with E-state index in [1.165, 1.54) is 6.20 Å². The average Bonchev–Trinajstić information content (AvgIpc) is 3.18. The summed E-state index contributed by atoms with van der Waals surface area (Å²) in [6.07, 6.45) is 6.15. The van der Waals surface area contributed by atoms with Crippen molar-refractivity contribution in [1.82, 2.24) is 24.5 Å². The molecule has 1 saturated carbocycles. The summed E-state index contributed by atoms with van der Waals surface area (Å²) in [5, 5.41) is 23.8. The van der Waals surface area contributed by atoms with E-state index in [9.17, 15) is 14.7 Å². The third-order valence-electron chi connectivity index (χ3n) is 6.06. The number of amides is 1. The number of anilines is 3. The van der Waals surface area contributed by atoms with E-state index in [1.807, 2.05) is 13.8 Å². The van der Waals surface area contributed by atoms with Crippen LogP contribution < -0.4 is 21.5 Å². The molecule has 3 aromatic heterocycles. The van der Waals surface area contributed by atoms with Gasteiger partial charge < -0.3 is 25.6 Å². The zero-order valence-electron chi connectivity index (χ0n) is 19.4. The molecule has 1 amide bonds. The lowest BCUT2D eigenvalue weighted by Crippen LogP contribution is -2.44. The van der Waals surface area contributed by atoms with Crippen LogP contribution in [0.4, 0.5) is 17.3 Å². The first-order valence-corrected chi connectivity index (χ1v) is 11.3. The fraction of sp³-hybridized carbons (Fsp3) is 0.478. The van der Waals surface area contributed by atoms with Crippen molar-refractivity contribution in [3.63, 3.8) is 0 Å². The summed E-state index contributed by atoms with van der Waals surface area (Å²) in [7, 11) is 1.75. The molecule has 1 aliphatic carbocycles. The maximum atomic E-state index is 13.1. The zero-order chi connectivity index (χ0) is 23.8. The molecule has 10 nitrogen and oxygen atoms in total. The molecular formula is C23H31N7O3. The molecule has 2 atom stereocenters. The van der Waals surface area contributed by atoms with Crippen molar-refractivity contribution in [1.29, 1.82) is 0 Å². The van der Waals surface area contributed by atoms with Crippen molar-refractivity contribution >= 4 is 28.9 Å². The van der Waals surface area contributed by atoms with Gasteiger partial charge in [-0.3, -0.25) is 9.59 Å². The molecule has 10 heteroatoms. The van der Waals surface area contributed by atoms with Gasteiger partial charge in [-0.05, 0) is 58.6 Å². The lowest BCUT2D eigenvalue weighted by molar-refractivity contribution is 0.0106. The van der Waals surface area contributed by atoms with Crippen LogP contribution in [0.15, 0.2) is 35.4 Å². The summed E-state index contributed by atoms with van der Waals surface area (Å²) in [6.45, 7) is 5.69. The van der Waals surface area contributed by atoms with Crippen molar-refractivity contribution in [2.24, 2.45) is 0 Å². The molecule has 0 spiro atoms. The number of carbonyl (C=O) groups is 1. The molecule has 0 saturated heterocycles. The van der Waals surface area contributed by atoms with E-state index < -0.39 is 5.60 Å². The van der Waals surface area contributed by atoms with Crippen LogP contribution in [0.25, 0.3) is 5.65 Å². The van der Waals surface area contributed by atoms with Gasteiger partial charge in [0.1, 0.15) is 22.9 Å². The van der Waals surface area contributed by atoms with E-state index in [0.717, 1.165) is 19.3 Å². The van der Waals surface area contributed by atoms with Crippen molar-refractivity contribution in [2.75, 3.05) is 17.7 Å². The Balaban J connectivity index is 1.66. The summed E-state index contributed by atoms with van der Waals surface area (Å²) in [4.78, 5) is 30.4. The number of nitrogens with zero attached hydrogens (tertiary/aromatic N) is 4.